The third-order valence-electron chi connectivity index (χ3n) is 3.54. The molecule has 1 aliphatic rings. The lowest BCUT2D eigenvalue weighted by atomic mass is 9.88. The van der Waals surface area contributed by atoms with Crippen LogP contribution in [0.3, 0.4) is 0 Å². The fourth-order valence-corrected chi connectivity index (χ4v) is 2.50. The summed E-state index contributed by atoms with van der Waals surface area (Å²) in [7, 11) is 0. The summed E-state index contributed by atoms with van der Waals surface area (Å²) < 4.78 is 0. The first-order chi connectivity index (χ1) is 10.7. The number of hydrogen-bond donors (Lipinski definition) is 3. The van der Waals surface area contributed by atoms with Crippen LogP contribution in [-0.2, 0) is 0 Å². The van der Waals surface area contributed by atoms with Crippen LogP contribution >= 0.6 is 0 Å². The predicted molar refractivity (Wildman–Crippen MR) is 92.9 cm³/mol. The van der Waals surface area contributed by atoms with Gasteiger partial charge in [0.05, 0.1) is 0 Å². The third kappa shape index (κ3) is 3.42. The number of likely N-dealkylation sites (N-methyl/N-ethyl adjacent to an activating group) is 1. The predicted octanol–water partition coefficient (Wildman–Crippen LogP) is 1.93. The third-order valence-corrected chi connectivity index (χ3v) is 3.54. The molecule has 2 aromatic carbocycles. The number of rotatable bonds is 4. The van der Waals surface area contributed by atoms with Gasteiger partial charge in [-0.15, -0.1) is 0 Å². The molecule has 0 aromatic heterocycles. The van der Waals surface area contributed by atoms with Crippen LogP contribution < -0.4 is 16.8 Å². The van der Waals surface area contributed by atoms with Gasteiger partial charge in [-0.25, -0.2) is 0 Å². The summed E-state index contributed by atoms with van der Waals surface area (Å²) in [5.41, 5.74) is 12.6. The van der Waals surface area contributed by atoms with Crippen LogP contribution in [0.15, 0.2) is 42.0 Å². The number of carbonyl (C=O) groups excluding carboxylic acids is 1. The van der Waals surface area contributed by atoms with Gasteiger partial charge in [0.1, 0.15) is 0 Å². The molecule has 0 fully saturated rings. The van der Waals surface area contributed by atoms with Crippen molar-refractivity contribution < 1.29 is 4.79 Å². The normalized spacial score (nSPS) is 12.7. The Labute approximate surface area is 131 Å². The Morgan fingerprint density at radius 3 is 2.36 bits per heavy atom. The quantitative estimate of drug-likeness (QED) is 0.805. The molecule has 3 rings (SSSR count). The van der Waals surface area contributed by atoms with E-state index < -0.39 is 0 Å². The van der Waals surface area contributed by atoms with Gasteiger partial charge in [0.25, 0.3) is 0 Å². The molecule has 0 amide bonds. The van der Waals surface area contributed by atoms with Crippen molar-refractivity contribution in [2.24, 2.45) is 11.5 Å². The summed E-state index contributed by atoms with van der Waals surface area (Å²) in [5.74, 6) is 0.153. The Morgan fingerprint density at radius 2 is 1.73 bits per heavy atom. The Balaban J connectivity index is 0.000000396. The van der Waals surface area contributed by atoms with E-state index in [1.165, 1.54) is 0 Å². The summed E-state index contributed by atoms with van der Waals surface area (Å²) in [4.78, 5) is 12.4. The van der Waals surface area contributed by atoms with Crippen LogP contribution in [0.4, 0.5) is 0 Å². The molecule has 0 bridgehead atoms. The zero-order valence-corrected chi connectivity index (χ0v) is 12.9. The highest BCUT2D eigenvalue weighted by Gasteiger charge is 2.20. The minimum absolute atomic E-state index is 0.153. The van der Waals surface area contributed by atoms with Crippen LogP contribution in [0.5, 0.6) is 0 Å². The molecule has 0 radical (unpaired) electrons. The molecule has 116 valence electrons. The van der Waals surface area contributed by atoms with E-state index in [-0.39, 0.29) is 5.78 Å². The van der Waals surface area contributed by atoms with Crippen molar-refractivity contribution in [1.82, 2.24) is 5.32 Å². The highest BCUT2D eigenvalue weighted by Crippen LogP contribution is 2.30. The SMILES string of the molecule is CCNCC1=Cc2cccc3cccc(c23)C1=O.NCCN. The van der Waals surface area contributed by atoms with Crippen molar-refractivity contribution in [2.45, 2.75) is 6.92 Å². The van der Waals surface area contributed by atoms with Crippen molar-refractivity contribution in [3.8, 4) is 0 Å². The molecule has 5 N–H and O–H groups in total. The molecule has 0 saturated heterocycles. The minimum Gasteiger partial charge on any atom is -0.329 e. The van der Waals surface area contributed by atoms with E-state index in [9.17, 15) is 4.79 Å². The number of nitrogens with two attached hydrogens (primary N) is 2. The second-order valence-electron chi connectivity index (χ2n) is 5.11. The molecular weight excluding hydrogens is 274 g/mol. The molecule has 4 heteroatoms. The van der Waals surface area contributed by atoms with E-state index in [4.69, 9.17) is 11.5 Å². The summed E-state index contributed by atoms with van der Waals surface area (Å²) in [6.45, 7) is 4.75. The highest BCUT2D eigenvalue weighted by atomic mass is 16.1. The van der Waals surface area contributed by atoms with Gasteiger partial charge in [0, 0.05) is 36.2 Å². The van der Waals surface area contributed by atoms with Crippen molar-refractivity contribution >= 4 is 22.6 Å². The fraction of sp³-hybridized carbons (Fsp3) is 0.278. The first-order valence-electron chi connectivity index (χ1n) is 7.60. The maximum Gasteiger partial charge on any atom is 0.190 e. The van der Waals surface area contributed by atoms with E-state index >= 15 is 0 Å². The molecule has 0 heterocycles. The lowest BCUT2D eigenvalue weighted by Gasteiger charge is -2.17. The maximum atomic E-state index is 12.4. The van der Waals surface area contributed by atoms with Gasteiger partial charge >= 0.3 is 0 Å². The molecule has 22 heavy (non-hydrogen) atoms. The van der Waals surface area contributed by atoms with Gasteiger partial charge < -0.3 is 16.8 Å². The minimum atomic E-state index is 0.153. The number of Topliss-reactive ketones (excluding diaryl/α,β-unsaturated/α-hetero) is 1. The largest absolute Gasteiger partial charge is 0.329 e. The van der Waals surface area contributed by atoms with Crippen LogP contribution in [-0.4, -0.2) is 32.0 Å². The Bertz CT molecular complexity index is 685. The molecule has 0 spiro atoms. The zero-order chi connectivity index (χ0) is 15.9. The first kappa shape index (κ1) is 16.4. The number of benzene rings is 2. The van der Waals surface area contributed by atoms with Crippen LogP contribution in [0.25, 0.3) is 16.8 Å². The van der Waals surface area contributed by atoms with Crippen LogP contribution in [0.2, 0.25) is 0 Å². The second kappa shape index (κ2) is 7.84. The smallest absolute Gasteiger partial charge is 0.190 e. The van der Waals surface area contributed by atoms with Gasteiger partial charge in [-0.2, -0.15) is 0 Å². The summed E-state index contributed by atoms with van der Waals surface area (Å²) in [5, 5.41) is 5.45. The second-order valence-corrected chi connectivity index (χ2v) is 5.11. The number of hydrogen-bond acceptors (Lipinski definition) is 4. The summed E-state index contributed by atoms with van der Waals surface area (Å²) in [6.07, 6.45) is 2.01. The van der Waals surface area contributed by atoms with Gasteiger partial charge in [-0.1, -0.05) is 43.3 Å². The number of nitrogens with one attached hydrogen (secondary N) is 1. The van der Waals surface area contributed by atoms with Crippen molar-refractivity contribution in [1.29, 1.82) is 0 Å². The van der Waals surface area contributed by atoms with Crippen molar-refractivity contribution in [2.75, 3.05) is 26.2 Å². The van der Waals surface area contributed by atoms with E-state index in [0.29, 0.717) is 19.6 Å². The maximum absolute atomic E-state index is 12.4. The molecular formula is C18H23N3O. The van der Waals surface area contributed by atoms with E-state index in [1.54, 1.807) is 0 Å². The molecule has 1 aliphatic carbocycles. The molecule has 0 atom stereocenters. The summed E-state index contributed by atoms with van der Waals surface area (Å²) >= 11 is 0. The average molecular weight is 297 g/mol. The molecule has 0 aliphatic heterocycles. The lowest BCUT2D eigenvalue weighted by molar-refractivity contribution is 0.103. The number of carbonyl (C=O) groups is 1. The van der Waals surface area contributed by atoms with Crippen molar-refractivity contribution in [3.63, 3.8) is 0 Å². The monoisotopic (exact) mass is 297 g/mol. The molecule has 2 aromatic rings. The van der Waals surface area contributed by atoms with Gasteiger partial charge in [-0.3, -0.25) is 4.79 Å². The standard InChI is InChI=1S/C16H15NO.C2H8N2/c1-2-17-10-13-9-12-7-3-5-11-6-4-8-14(15(11)12)16(13)18;3-1-2-4/h3-9,17H,2,10H2,1H3;1-4H2. The van der Waals surface area contributed by atoms with Crippen LogP contribution in [0, 0.1) is 0 Å². The first-order valence-corrected chi connectivity index (χ1v) is 7.60. The highest BCUT2D eigenvalue weighted by molar-refractivity contribution is 6.22. The Kier molecular flexibility index (Phi) is 5.83. The zero-order valence-electron chi connectivity index (χ0n) is 12.9. The van der Waals surface area contributed by atoms with Gasteiger partial charge in [0.2, 0.25) is 0 Å². The van der Waals surface area contributed by atoms with Crippen molar-refractivity contribution in [3.05, 3.63) is 53.1 Å². The Morgan fingerprint density at radius 1 is 1.05 bits per heavy atom. The average Bonchev–Trinajstić information content (AvgIpc) is 2.57. The van der Waals surface area contributed by atoms with Crippen LogP contribution in [0.1, 0.15) is 22.8 Å². The topological polar surface area (TPSA) is 81.1 Å². The number of ketones is 1. The lowest BCUT2D eigenvalue weighted by Crippen LogP contribution is -2.22. The fourth-order valence-electron chi connectivity index (χ4n) is 2.50. The van der Waals surface area contributed by atoms with E-state index in [1.807, 2.05) is 31.2 Å². The molecule has 4 nitrogen and oxygen atoms in total. The molecule has 0 saturated carbocycles. The van der Waals surface area contributed by atoms with Gasteiger partial charge in [-0.05, 0) is 23.6 Å². The van der Waals surface area contributed by atoms with Gasteiger partial charge in [0.15, 0.2) is 5.78 Å². The van der Waals surface area contributed by atoms with E-state index in [2.05, 4.69) is 23.5 Å². The summed E-state index contributed by atoms with van der Waals surface area (Å²) in [6, 6.07) is 12.1. The molecule has 0 unspecified atom stereocenters. The van der Waals surface area contributed by atoms with E-state index in [0.717, 1.165) is 34.0 Å². The Hall–Kier alpha value is -2.01.